The summed E-state index contributed by atoms with van der Waals surface area (Å²) < 4.78 is 33.8. The number of fused-ring (bicyclic) bond motifs is 1. The Morgan fingerprint density at radius 3 is 2.67 bits per heavy atom. The molecule has 2 amide bonds. The second-order valence-electron chi connectivity index (χ2n) is 12.9. The van der Waals surface area contributed by atoms with Crippen LogP contribution in [-0.4, -0.2) is 62.6 Å². The van der Waals surface area contributed by atoms with Crippen LogP contribution < -0.4 is 10.6 Å². The minimum absolute atomic E-state index is 0.00224. The van der Waals surface area contributed by atoms with Gasteiger partial charge in [-0.1, -0.05) is 20.8 Å². The molecule has 1 fully saturated rings. The van der Waals surface area contributed by atoms with Gasteiger partial charge in [-0.2, -0.15) is 5.26 Å². The second-order valence-corrected chi connectivity index (χ2v) is 14.0. The molecule has 1 unspecified atom stereocenters. The summed E-state index contributed by atoms with van der Waals surface area (Å²) in [6, 6.07) is 6.23. The standard InChI is InChI=1S/C32H41F2N7O3S/c1-7-44-32(5,6)14-21(15-35)29(43)40-12-8-9-22(40)18-41-27-23(13-20(17-37-27)16-36-19-31(2,3)4)38-30(41)39-28(42)25-11-10-24(45-25)26(33)34/h10-11,13-14,17,22,26,36H,7-9,12,16,18-19H2,1-6H3,(H,38,39,42). The van der Waals surface area contributed by atoms with Crippen molar-refractivity contribution in [3.63, 3.8) is 0 Å². The molecular weight excluding hydrogens is 600 g/mol. The number of nitrogens with zero attached hydrogens (tertiary/aromatic N) is 5. The lowest BCUT2D eigenvalue weighted by Crippen LogP contribution is -2.39. The SMILES string of the molecule is CCOC(C)(C)C=C(C#N)C(=O)N1CCCC1Cn1c(NC(=O)c2ccc(C(F)F)s2)nc2cc(CNCC(C)(C)C)cnc21. The number of nitriles is 1. The number of nitrogens with one attached hydrogen (secondary N) is 2. The van der Waals surface area contributed by atoms with E-state index in [1.807, 2.05) is 19.1 Å². The molecule has 0 bridgehead atoms. The van der Waals surface area contributed by atoms with Gasteiger partial charge >= 0.3 is 0 Å². The highest BCUT2D eigenvalue weighted by Crippen LogP contribution is 2.29. The zero-order valence-electron chi connectivity index (χ0n) is 26.6. The van der Waals surface area contributed by atoms with Crippen molar-refractivity contribution in [1.29, 1.82) is 5.26 Å². The summed E-state index contributed by atoms with van der Waals surface area (Å²) in [6.45, 7) is 14.4. The maximum absolute atomic E-state index is 13.6. The lowest BCUT2D eigenvalue weighted by atomic mass is 9.97. The predicted octanol–water partition coefficient (Wildman–Crippen LogP) is 6.07. The maximum atomic E-state index is 13.6. The molecule has 3 aromatic rings. The molecule has 0 saturated carbocycles. The molecule has 0 aliphatic carbocycles. The molecule has 4 rings (SSSR count). The van der Waals surface area contributed by atoms with Crippen molar-refractivity contribution < 1.29 is 23.1 Å². The number of thiophene rings is 1. The molecule has 13 heteroatoms. The van der Waals surface area contributed by atoms with Gasteiger partial charge in [0.25, 0.3) is 18.2 Å². The number of pyridine rings is 1. The minimum Gasteiger partial charge on any atom is -0.372 e. The molecule has 1 saturated heterocycles. The van der Waals surface area contributed by atoms with Crippen LogP contribution in [0, 0.1) is 16.7 Å². The number of carbonyl (C=O) groups excluding carboxylic acids is 2. The fraction of sp³-hybridized carbons (Fsp3) is 0.531. The first-order valence-electron chi connectivity index (χ1n) is 15.0. The van der Waals surface area contributed by atoms with Gasteiger partial charge in [-0.25, -0.2) is 18.7 Å². The summed E-state index contributed by atoms with van der Waals surface area (Å²) in [5.41, 5.74) is 1.28. The average molecular weight is 642 g/mol. The Morgan fingerprint density at radius 2 is 2.02 bits per heavy atom. The van der Waals surface area contributed by atoms with E-state index in [4.69, 9.17) is 4.74 Å². The van der Waals surface area contributed by atoms with Crippen LogP contribution in [0.3, 0.4) is 0 Å². The number of carbonyl (C=O) groups is 2. The lowest BCUT2D eigenvalue weighted by Gasteiger charge is -2.27. The van der Waals surface area contributed by atoms with Gasteiger partial charge in [-0.15, -0.1) is 11.3 Å². The normalized spacial score (nSPS) is 16.0. The number of aromatic nitrogens is 3. The molecule has 0 spiro atoms. The average Bonchev–Trinajstić information content (AvgIpc) is 3.70. The summed E-state index contributed by atoms with van der Waals surface area (Å²) in [4.78, 5) is 37.7. The molecule has 2 N–H and O–H groups in total. The first kappa shape index (κ1) is 34.1. The van der Waals surface area contributed by atoms with E-state index < -0.39 is 17.9 Å². The Bertz CT molecular complexity index is 1600. The number of alkyl halides is 2. The number of likely N-dealkylation sites (tertiary alicyclic amines) is 1. The van der Waals surface area contributed by atoms with Crippen LogP contribution in [0.4, 0.5) is 14.7 Å². The van der Waals surface area contributed by atoms with Gasteiger partial charge in [0.2, 0.25) is 5.95 Å². The highest BCUT2D eigenvalue weighted by molar-refractivity contribution is 7.14. The monoisotopic (exact) mass is 641 g/mol. The van der Waals surface area contributed by atoms with Gasteiger partial charge in [-0.3, -0.25) is 19.5 Å². The fourth-order valence-corrected chi connectivity index (χ4v) is 6.08. The van der Waals surface area contributed by atoms with Gasteiger partial charge in [0.15, 0.2) is 5.65 Å². The Labute approximate surface area is 266 Å². The number of imidazole rings is 1. The van der Waals surface area contributed by atoms with E-state index in [9.17, 15) is 23.6 Å². The van der Waals surface area contributed by atoms with Gasteiger partial charge < -0.3 is 15.0 Å². The number of hydrogen-bond acceptors (Lipinski definition) is 8. The van der Waals surface area contributed by atoms with Crippen molar-refractivity contribution in [2.24, 2.45) is 5.41 Å². The van der Waals surface area contributed by atoms with Crippen molar-refractivity contribution in [2.45, 2.75) is 85.5 Å². The highest BCUT2D eigenvalue weighted by atomic mass is 32.1. The van der Waals surface area contributed by atoms with Gasteiger partial charge in [0.1, 0.15) is 17.2 Å². The van der Waals surface area contributed by atoms with Gasteiger partial charge in [0, 0.05) is 39.0 Å². The zero-order chi connectivity index (χ0) is 32.9. The zero-order valence-corrected chi connectivity index (χ0v) is 27.4. The predicted molar refractivity (Wildman–Crippen MR) is 170 cm³/mol. The summed E-state index contributed by atoms with van der Waals surface area (Å²) in [5.74, 6) is -0.758. The molecule has 1 aliphatic rings. The van der Waals surface area contributed by atoms with E-state index in [0.29, 0.717) is 37.3 Å². The van der Waals surface area contributed by atoms with E-state index in [-0.39, 0.29) is 45.2 Å². The molecule has 3 aromatic heterocycles. The number of rotatable bonds is 12. The molecule has 45 heavy (non-hydrogen) atoms. The first-order chi connectivity index (χ1) is 21.2. The van der Waals surface area contributed by atoms with Gasteiger partial charge in [-0.05, 0) is 68.9 Å². The Kier molecular flexibility index (Phi) is 10.7. The topological polar surface area (TPSA) is 125 Å². The summed E-state index contributed by atoms with van der Waals surface area (Å²) in [6.07, 6.45) is 2.04. The third-order valence-electron chi connectivity index (χ3n) is 7.31. The van der Waals surface area contributed by atoms with Crippen LogP contribution in [0.15, 0.2) is 36.0 Å². The Morgan fingerprint density at radius 1 is 1.27 bits per heavy atom. The first-order valence-corrected chi connectivity index (χ1v) is 15.9. The van der Waals surface area contributed by atoms with Crippen LogP contribution in [-0.2, 0) is 22.6 Å². The molecule has 4 heterocycles. The van der Waals surface area contributed by atoms with Crippen molar-refractivity contribution in [3.8, 4) is 6.07 Å². The molecule has 10 nitrogen and oxygen atoms in total. The number of anilines is 1. The van der Waals surface area contributed by atoms with E-state index >= 15 is 0 Å². The lowest BCUT2D eigenvalue weighted by molar-refractivity contribution is -0.127. The van der Waals surface area contributed by atoms with Crippen LogP contribution in [0.25, 0.3) is 11.2 Å². The minimum atomic E-state index is -2.67. The molecule has 242 valence electrons. The van der Waals surface area contributed by atoms with E-state index in [2.05, 4.69) is 41.4 Å². The quantitative estimate of drug-likeness (QED) is 0.182. The third-order valence-corrected chi connectivity index (χ3v) is 8.40. The Hall–Kier alpha value is -3.73. The third kappa shape index (κ3) is 8.71. The number of ether oxygens (including phenoxy) is 1. The molecule has 1 aliphatic heterocycles. The smallest absolute Gasteiger partial charge is 0.272 e. The van der Waals surface area contributed by atoms with Crippen molar-refractivity contribution in [2.75, 3.05) is 25.0 Å². The van der Waals surface area contributed by atoms with Crippen LogP contribution in [0.1, 0.15) is 80.9 Å². The van der Waals surface area contributed by atoms with E-state index in [0.717, 1.165) is 29.9 Å². The second kappa shape index (κ2) is 14.1. The van der Waals surface area contributed by atoms with E-state index in [1.54, 1.807) is 35.6 Å². The van der Waals surface area contributed by atoms with Crippen molar-refractivity contribution >= 4 is 40.3 Å². The van der Waals surface area contributed by atoms with E-state index in [1.165, 1.54) is 12.1 Å². The summed E-state index contributed by atoms with van der Waals surface area (Å²) >= 11 is 0.722. The number of halogens is 2. The Balaban J connectivity index is 1.65. The molecule has 0 radical (unpaired) electrons. The van der Waals surface area contributed by atoms with Crippen molar-refractivity contribution in [3.05, 3.63) is 51.4 Å². The molecular formula is C32H41F2N7O3S. The maximum Gasteiger partial charge on any atom is 0.272 e. The van der Waals surface area contributed by atoms with Gasteiger partial charge in [0.05, 0.1) is 21.4 Å². The molecule has 1 atom stereocenters. The number of amides is 2. The number of hydrogen-bond donors (Lipinski definition) is 2. The fourth-order valence-electron chi connectivity index (χ4n) is 5.32. The van der Waals surface area contributed by atoms with Crippen LogP contribution in [0.5, 0.6) is 0 Å². The highest BCUT2D eigenvalue weighted by Gasteiger charge is 2.33. The summed E-state index contributed by atoms with van der Waals surface area (Å²) in [7, 11) is 0. The van der Waals surface area contributed by atoms with Crippen molar-refractivity contribution in [1.82, 2.24) is 24.8 Å². The largest absolute Gasteiger partial charge is 0.372 e. The summed E-state index contributed by atoms with van der Waals surface area (Å²) in [5, 5.41) is 16.1. The molecule has 0 aromatic carbocycles. The van der Waals surface area contributed by atoms with Crippen LogP contribution in [0.2, 0.25) is 0 Å². The van der Waals surface area contributed by atoms with Crippen LogP contribution >= 0.6 is 11.3 Å².